The molecule has 0 spiro atoms. The van der Waals surface area contributed by atoms with Crippen LogP contribution in [0.5, 0.6) is 0 Å². The molecule has 1 aromatic rings. The van der Waals surface area contributed by atoms with Crippen LogP contribution >= 0.6 is 0 Å². The van der Waals surface area contributed by atoms with E-state index in [9.17, 15) is 0 Å². The fourth-order valence-corrected chi connectivity index (χ4v) is 6.52. The SMILES string of the molecule is CCCCCCCC[Si](C)(OCCOCCOCCOCCOCCOC)c1ccccc1. The first kappa shape index (κ1) is 30.2. The fourth-order valence-electron chi connectivity index (χ4n) is 3.56. The molecule has 0 amide bonds. The molecule has 0 aliphatic carbocycles. The average Bonchev–Trinajstić information content (AvgIpc) is 2.84. The standard InChI is InChI=1S/C26H48O6Si/c1-4-5-6-7-8-12-25-33(3,26-13-10-9-11-14-26)32-24-23-31-22-21-30-20-19-29-18-17-28-16-15-27-2/h9-11,13-14H,4-8,12,15-25H2,1-3H3. The van der Waals surface area contributed by atoms with E-state index in [1.54, 1.807) is 7.11 Å². The van der Waals surface area contributed by atoms with Crippen LogP contribution in [-0.2, 0) is 28.1 Å². The van der Waals surface area contributed by atoms with Gasteiger partial charge in [-0.05, 0) is 17.8 Å². The monoisotopic (exact) mass is 484 g/mol. The normalized spacial score (nSPS) is 13.3. The van der Waals surface area contributed by atoms with E-state index in [1.807, 2.05) is 0 Å². The maximum Gasteiger partial charge on any atom is 0.221 e. The lowest BCUT2D eigenvalue weighted by atomic mass is 10.1. The second-order valence-corrected chi connectivity index (χ2v) is 12.2. The molecule has 0 radical (unpaired) electrons. The summed E-state index contributed by atoms with van der Waals surface area (Å²) in [5.41, 5.74) is 0. The average molecular weight is 485 g/mol. The number of benzene rings is 1. The topological polar surface area (TPSA) is 55.4 Å². The van der Waals surface area contributed by atoms with Crippen LogP contribution in [-0.4, -0.2) is 81.5 Å². The Balaban J connectivity index is 2.09. The van der Waals surface area contributed by atoms with E-state index in [1.165, 1.54) is 49.8 Å². The van der Waals surface area contributed by atoms with E-state index in [0.717, 1.165) is 0 Å². The first-order chi connectivity index (χ1) is 16.2. The van der Waals surface area contributed by atoms with Crippen molar-refractivity contribution >= 4 is 13.5 Å². The lowest BCUT2D eigenvalue weighted by Crippen LogP contribution is -2.48. The summed E-state index contributed by atoms with van der Waals surface area (Å²) < 4.78 is 33.4. The van der Waals surface area contributed by atoms with Gasteiger partial charge in [0.05, 0.1) is 66.1 Å². The number of methoxy groups -OCH3 is 1. The molecule has 0 saturated heterocycles. The highest BCUT2D eigenvalue weighted by molar-refractivity contribution is 6.85. The predicted octanol–water partition coefficient (Wildman–Crippen LogP) is 4.56. The van der Waals surface area contributed by atoms with Crippen molar-refractivity contribution in [3.05, 3.63) is 30.3 Å². The highest BCUT2D eigenvalue weighted by Crippen LogP contribution is 2.18. The Hall–Kier alpha value is -0.803. The van der Waals surface area contributed by atoms with Crippen molar-refractivity contribution in [2.45, 2.75) is 58.0 Å². The molecule has 192 valence electrons. The molecule has 0 heterocycles. The summed E-state index contributed by atoms with van der Waals surface area (Å²) in [6.45, 7) is 10.5. The molecule has 1 rings (SSSR count). The van der Waals surface area contributed by atoms with Crippen molar-refractivity contribution in [3.63, 3.8) is 0 Å². The molecule has 0 saturated carbocycles. The number of rotatable bonds is 24. The number of hydrogen-bond donors (Lipinski definition) is 0. The zero-order valence-electron chi connectivity index (χ0n) is 21.4. The summed E-state index contributed by atoms with van der Waals surface area (Å²) in [5.74, 6) is 0. The fraction of sp³-hybridized carbons (Fsp3) is 0.769. The number of ether oxygens (including phenoxy) is 5. The maximum absolute atomic E-state index is 6.48. The van der Waals surface area contributed by atoms with Crippen LogP contribution in [0.1, 0.15) is 45.4 Å². The largest absolute Gasteiger partial charge is 0.410 e. The summed E-state index contributed by atoms with van der Waals surface area (Å²) in [5, 5.41) is 1.38. The lowest BCUT2D eigenvalue weighted by molar-refractivity contribution is -0.00996. The van der Waals surface area contributed by atoms with Crippen molar-refractivity contribution in [3.8, 4) is 0 Å². The van der Waals surface area contributed by atoms with Gasteiger partial charge >= 0.3 is 0 Å². The molecule has 0 aliphatic rings. The van der Waals surface area contributed by atoms with E-state index in [4.69, 9.17) is 28.1 Å². The molecule has 0 aliphatic heterocycles. The molecule has 0 bridgehead atoms. The Labute approximate surface area is 203 Å². The van der Waals surface area contributed by atoms with Gasteiger partial charge in [0.2, 0.25) is 8.32 Å². The van der Waals surface area contributed by atoms with Crippen molar-refractivity contribution in [1.29, 1.82) is 0 Å². The second kappa shape index (κ2) is 21.7. The summed E-state index contributed by atoms with van der Waals surface area (Å²) in [6.07, 6.45) is 7.88. The second-order valence-electron chi connectivity index (χ2n) is 8.41. The van der Waals surface area contributed by atoms with Crippen molar-refractivity contribution < 1.29 is 28.1 Å². The van der Waals surface area contributed by atoms with Crippen LogP contribution in [0.2, 0.25) is 12.6 Å². The quantitative estimate of drug-likeness (QED) is 0.158. The molecule has 1 unspecified atom stereocenters. The molecule has 6 nitrogen and oxygen atoms in total. The predicted molar refractivity (Wildman–Crippen MR) is 137 cm³/mol. The third kappa shape index (κ3) is 16.5. The van der Waals surface area contributed by atoms with Gasteiger partial charge in [0.1, 0.15) is 0 Å². The van der Waals surface area contributed by atoms with Crippen molar-refractivity contribution in [1.82, 2.24) is 0 Å². The summed E-state index contributed by atoms with van der Waals surface area (Å²) >= 11 is 0. The van der Waals surface area contributed by atoms with Gasteiger partial charge in [-0.3, -0.25) is 0 Å². The van der Waals surface area contributed by atoms with Gasteiger partial charge in [0, 0.05) is 7.11 Å². The summed E-state index contributed by atoms with van der Waals surface area (Å²) in [6, 6.07) is 11.9. The van der Waals surface area contributed by atoms with Crippen LogP contribution < -0.4 is 5.19 Å². The van der Waals surface area contributed by atoms with E-state index >= 15 is 0 Å². The molecule has 0 aromatic heterocycles. The van der Waals surface area contributed by atoms with E-state index in [0.29, 0.717) is 66.1 Å². The minimum Gasteiger partial charge on any atom is -0.410 e. The Kier molecular flexibility index (Phi) is 19.9. The van der Waals surface area contributed by atoms with Gasteiger partial charge in [-0.2, -0.15) is 0 Å². The third-order valence-corrected chi connectivity index (χ3v) is 9.29. The van der Waals surface area contributed by atoms with Crippen LogP contribution in [0.15, 0.2) is 30.3 Å². The van der Waals surface area contributed by atoms with E-state index in [-0.39, 0.29) is 0 Å². The van der Waals surface area contributed by atoms with Crippen LogP contribution in [0.25, 0.3) is 0 Å². The highest BCUT2D eigenvalue weighted by Gasteiger charge is 2.30. The van der Waals surface area contributed by atoms with Gasteiger partial charge in [-0.1, -0.05) is 75.8 Å². The molecule has 1 atom stereocenters. The number of unbranched alkanes of at least 4 members (excludes halogenated alkanes) is 5. The van der Waals surface area contributed by atoms with Gasteiger partial charge in [0.25, 0.3) is 0 Å². The van der Waals surface area contributed by atoms with E-state index < -0.39 is 8.32 Å². The van der Waals surface area contributed by atoms with Crippen LogP contribution in [0.3, 0.4) is 0 Å². The Morgan fingerprint density at radius 1 is 0.606 bits per heavy atom. The first-order valence-corrected chi connectivity index (χ1v) is 15.3. The molecule has 1 aromatic carbocycles. The van der Waals surface area contributed by atoms with Crippen LogP contribution in [0.4, 0.5) is 0 Å². The Bertz CT molecular complexity index is 533. The minimum atomic E-state index is -1.94. The molecule has 33 heavy (non-hydrogen) atoms. The van der Waals surface area contributed by atoms with Gasteiger partial charge in [-0.25, -0.2) is 0 Å². The maximum atomic E-state index is 6.48. The highest BCUT2D eigenvalue weighted by atomic mass is 28.4. The van der Waals surface area contributed by atoms with Crippen LogP contribution in [0, 0.1) is 0 Å². The zero-order chi connectivity index (χ0) is 23.9. The Morgan fingerprint density at radius 3 is 1.64 bits per heavy atom. The van der Waals surface area contributed by atoms with Crippen molar-refractivity contribution in [2.75, 3.05) is 73.2 Å². The van der Waals surface area contributed by atoms with Gasteiger partial charge in [-0.15, -0.1) is 0 Å². The summed E-state index contributed by atoms with van der Waals surface area (Å²) in [4.78, 5) is 0. The van der Waals surface area contributed by atoms with Gasteiger partial charge in [0.15, 0.2) is 0 Å². The molecular weight excluding hydrogens is 436 g/mol. The smallest absolute Gasteiger partial charge is 0.221 e. The summed E-state index contributed by atoms with van der Waals surface area (Å²) in [7, 11) is -0.283. The van der Waals surface area contributed by atoms with Gasteiger partial charge < -0.3 is 28.1 Å². The minimum absolute atomic E-state index is 0.565. The zero-order valence-corrected chi connectivity index (χ0v) is 22.4. The molecule has 7 heteroatoms. The molecule has 0 fully saturated rings. The number of hydrogen-bond acceptors (Lipinski definition) is 6. The molecule has 0 N–H and O–H groups in total. The van der Waals surface area contributed by atoms with E-state index in [2.05, 4.69) is 43.8 Å². The first-order valence-electron chi connectivity index (χ1n) is 12.7. The molecular formula is C26H48O6Si. The third-order valence-electron chi connectivity index (χ3n) is 5.59. The lowest BCUT2D eigenvalue weighted by Gasteiger charge is -2.28. The van der Waals surface area contributed by atoms with Crippen molar-refractivity contribution in [2.24, 2.45) is 0 Å². The Morgan fingerprint density at radius 2 is 1.09 bits per heavy atom.